The molecule has 0 aromatic carbocycles. The molecule has 13 heavy (non-hydrogen) atoms. The maximum atomic E-state index is 6.03. The molecule has 0 N–H and O–H groups in total. The molecule has 3 nitrogen and oxygen atoms in total. The molecule has 68 valence electrons. The lowest BCUT2D eigenvalue weighted by molar-refractivity contribution is 0.886. The third kappa shape index (κ3) is 1.25. The number of nitrogens with zero attached hydrogens (tertiary/aromatic N) is 3. The first-order chi connectivity index (χ1) is 6.11. The average molecular weight is 261 g/mol. The lowest BCUT2D eigenvalue weighted by Crippen LogP contribution is -1.99. The van der Waals surface area contributed by atoms with Crippen LogP contribution >= 0.6 is 27.5 Å². The van der Waals surface area contributed by atoms with Crippen LogP contribution in [0.3, 0.4) is 0 Å². The molecule has 0 atom stereocenters. The minimum atomic E-state index is 0.670. The van der Waals surface area contributed by atoms with E-state index in [2.05, 4.69) is 26.0 Å². The summed E-state index contributed by atoms with van der Waals surface area (Å²) in [5, 5.41) is 4.81. The van der Waals surface area contributed by atoms with Crippen molar-refractivity contribution in [1.29, 1.82) is 0 Å². The molecule has 2 aromatic heterocycles. The minimum absolute atomic E-state index is 0.670. The van der Waals surface area contributed by atoms with Crippen LogP contribution in [0.2, 0.25) is 5.02 Å². The fourth-order valence-corrected chi connectivity index (χ4v) is 1.70. The van der Waals surface area contributed by atoms with E-state index in [9.17, 15) is 0 Å². The fraction of sp³-hybridized carbons (Fsp3) is 0.250. The van der Waals surface area contributed by atoms with Gasteiger partial charge < -0.3 is 0 Å². The molecule has 0 spiro atoms. The topological polar surface area (TPSA) is 30.2 Å². The summed E-state index contributed by atoms with van der Waals surface area (Å²) in [5.74, 6) is 0. The van der Waals surface area contributed by atoms with Crippen molar-refractivity contribution < 1.29 is 0 Å². The van der Waals surface area contributed by atoms with Crippen LogP contribution in [-0.4, -0.2) is 14.6 Å². The zero-order valence-electron chi connectivity index (χ0n) is 7.17. The molecule has 0 aliphatic rings. The Balaban J connectivity index is 2.96. The van der Waals surface area contributed by atoms with E-state index in [0.717, 1.165) is 21.5 Å². The number of aryl methyl sites for hydroxylation is 2. The summed E-state index contributed by atoms with van der Waals surface area (Å²) in [4.78, 5) is 4.32. The van der Waals surface area contributed by atoms with Gasteiger partial charge in [-0.1, -0.05) is 11.6 Å². The van der Waals surface area contributed by atoms with Crippen molar-refractivity contribution in [1.82, 2.24) is 14.6 Å². The number of rotatable bonds is 0. The summed E-state index contributed by atoms with van der Waals surface area (Å²) in [6.07, 6.45) is 1.71. The predicted octanol–water partition coefficient (Wildman–Crippen LogP) is 2.76. The smallest absolute Gasteiger partial charge is 0.169 e. The number of hydrogen-bond donors (Lipinski definition) is 0. The Morgan fingerprint density at radius 2 is 2.15 bits per heavy atom. The molecule has 0 saturated heterocycles. The summed E-state index contributed by atoms with van der Waals surface area (Å²) >= 11 is 9.40. The first-order valence-corrected chi connectivity index (χ1v) is 4.94. The van der Waals surface area contributed by atoms with Crippen LogP contribution < -0.4 is 0 Å². The molecule has 2 rings (SSSR count). The highest BCUT2D eigenvalue weighted by atomic mass is 79.9. The van der Waals surface area contributed by atoms with Gasteiger partial charge >= 0.3 is 0 Å². The maximum absolute atomic E-state index is 6.03. The van der Waals surface area contributed by atoms with E-state index in [4.69, 9.17) is 11.6 Å². The zero-order valence-corrected chi connectivity index (χ0v) is 9.52. The Labute approximate surface area is 88.9 Å². The lowest BCUT2D eigenvalue weighted by Gasteiger charge is -2.03. The van der Waals surface area contributed by atoms with E-state index in [1.165, 1.54) is 0 Å². The molecule has 0 aliphatic carbocycles. The first kappa shape index (κ1) is 8.97. The van der Waals surface area contributed by atoms with Gasteiger partial charge in [0.1, 0.15) is 0 Å². The Kier molecular flexibility index (Phi) is 2.04. The van der Waals surface area contributed by atoms with Crippen LogP contribution in [0.5, 0.6) is 0 Å². The lowest BCUT2D eigenvalue weighted by atomic mass is 10.3. The third-order valence-electron chi connectivity index (χ3n) is 1.93. The van der Waals surface area contributed by atoms with Crippen molar-refractivity contribution >= 4 is 33.2 Å². The van der Waals surface area contributed by atoms with Gasteiger partial charge in [0.15, 0.2) is 5.65 Å². The molecular weight excluding hydrogens is 253 g/mol. The maximum Gasteiger partial charge on any atom is 0.169 e. The van der Waals surface area contributed by atoms with Crippen LogP contribution in [0.15, 0.2) is 10.7 Å². The Morgan fingerprint density at radius 1 is 1.46 bits per heavy atom. The fourth-order valence-electron chi connectivity index (χ4n) is 1.23. The third-order valence-corrected chi connectivity index (χ3v) is 3.03. The Hall–Kier alpha value is -0.610. The van der Waals surface area contributed by atoms with E-state index in [0.29, 0.717) is 5.02 Å². The van der Waals surface area contributed by atoms with Crippen molar-refractivity contribution in [3.05, 3.63) is 27.1 Å². The van der Waals surface area contributed by atoms with Crippen molar-refractivity contribution in [3.63, 3.8) is 0 Å². The first-order valence-electron chi connectivity index (χ1n) is 3.77. The molecule has 0 radical (unpaired) electrons. The van der Waals surface area contributed by atoms with E-state index < -0.39 is 0 Å². The summed E-state index contributed by atoms with van der Waals surface area (Å²) < 4.78 is 2.61. The summed E-state index contributed by atoms with van der Waals surface area (Å²) in [6.45, 7) is 3.80. The molecule has 0 saturated carbocycles. The largest absolute Gasteiger partial charge is 0.231 e. The van der Waals surface area contributed by atoms with Gasteiger partial charge in [0.2, 0.25) is 0 Å². The molecule has 2 heterocycles. The normalized spacial score (nSPS) is 11.1. The Bertz CT molecular complexity index is 478. The second-order valence-electron chi connectivity index (χ2n) is 2.82. The Morgan fingerprint density at radius 3 is 2.85 bits per heavy atom. The van der Waals surface area contributed by atoms with Crippen molar-refractivity contribution in [3.8, 4) is 0 Å². The molecular formula is C8H7BrClN3. The molecule has 0 aliphatic heterocycles. The average Bonchev–Trinajstić information content (AvgIpc) is 2.45. The van der Waals surface area contributed by atoms with Crippen molar-refractivity contribution in [2.45, 2.75) is 13.8 Å². The highest BCUT2D eigenvalue weighted by molar-refractivity contribution is 9.10. The van der Waals surface area contributed by atoms with Gasteiger partial charge in [0, 0.05) is 0 Å². The second-order valence-corrected chi connectivity index (χ2v) is 4.06. The molecule has 0 fully saturated rings. The van der Waals surface area contributed by atoms with Gasteiger partial charge in [-0.05, 0) is 29.8 Å². The van der Waals surface area contributed by atoms with Crippen LogP contribution in [0.1, 0.15) is 11.4 Å². The highest BCUT2D eigenvalue weighted by Crippen LogP contribution is 2.23. The van der Waals surface area contributed by atoms with Gasteiger partial charge in [0.25, 0.3) is 0 Å². The van der Waals surface area contributed by atoms with Gasteiger partial charge in [-0.25, -0.2) is 9.50 Å². The van der Waals surface area contributed by atoms with Gasteiger partial charge in [-0.3, -0.25) is 0 Å². The zero-order chi connectivity index (χ0) is 9.59. The SMILES string of the molecule is Cc1nc2c(Br)cnn2c(C)c1Cl. The molecule has 0 amide bonds. The van der Waals surface area contributed by atoms with E-state index in [1.54, 1.807) is 10.7 Å². The van der Waals surface area contributed by atoms with Gasteiger partial charge in [-0.2, -0.15) is 5.10 Å². The van der Waals surface area contributed by atoms with E-state index in [-0.39, 0.29) is 0 Å². The summed E-state index contributed by atoms with van der Waals surface area (Å²) in [5.41, 5.74) is 2.54. The molecule has 0 bridgehead atoms. The highest BCUT2D eigenvalue weighted by Gasteiger charge is 2.10. The molecule has 5 heteroatoms. The summed E-state index contributed by atoms with van der Waals surface area (Å²) in [6, 6.07) is 0. The van der Waals surface area contributed by atoms with E-state index >= 15 is 0 Å². The van der Waals surface area contributed by atoms with Gasteiger partial charge in [-0.15, -0.1) is 0 Å². The predicted molar refractivity (Wildman–Crippen MR) is 55.2 cm³/mol. The van der Waals surface area contributed by atoms with Crippen LogP contribution in [-0.2, 0) is 0 Å². The molecule has 2 aromatic rings. The monoisotopic (exact) mass is 259 g/mol. The van der Waals surface area contributed by atoms with Crippen molar-refractivity contribution in [2.75, 3.05) is 0 Å². The second kappa shape index (κ2) is 2.96. The quantitative estimate of drug-likeness (QED) is 0.729. The van der Waals surface area contributed by atoms with Crippen LogP contribution in [0, 0.1) is 13.8 Å². The minimum Gasteiger partial charge on any atom is -0.231 e. The standard InChI is InChI=1S/C8H7BrClN3/c1-4-7(10)5(2)13-8(12-4)6(9)3-11-13/h3H,1-2H3. The summed E-state index contributed by atoms with van der Waals surface area (Å²) in [7, 11) is 0. The van der Waals surface area contributed by atoms with Crippen LogP contribution in [0.25, 0.3) is 5.65 Å². The number of hydrogen-bond acceptors (Lipinski definition) is 2. The van der Waals surface area contributed by atoms with Gasteiger partial charge in [0.05, 0.1) is 27.1 Å². The number of aromatic nitrogens is 3. The molecule has 0 unspecified atom stereocenters. The van der Waals surface area contributed by atoms with Crippen LogP contribution in [0.4, 0.5) is 0 Å². The number of fused-ring (bicyclic) bond motifs is 1. The number of halogens is 2. The van der Waals surface area contributed by atoms with Crippen molar-refractivity contribution in [2.24, 2.45) is 0 Å². The van der Waals surface area contributed by atoms with E-state index in [1.807, 2.05) is 13.8 Å².